The molecule has 0 aliphatic heterocycles. The van der Waals surface area contributed by atoms with E-state index in [4.69, 9.17) is 0 Å². The van der Waals surface area contributed by atoms with Crippen molar-refractivity contribution < 1.29 is 5.11 Å². The van der Waals surface area contributed by atoms with Gasteiger partial charge in [0.1, 0.15) is 0 Å². The summed E-state index contributed by atoms with van der Waals surface area (Å²) in [6.07, 6.45) is 11.4. The first-order valence-corrected chi connectivity index (χ1v) is 7.67. The van der Waals surface area contributed by atoms with Crippen molar-refractivity contribution in [2.75, 3.05) is 6.54 Å². The molecule has 0 bridgehead atoms. The molecule has 0 saturated heterocycles. The molecule has 0 heterocycles. The lowest BCUT2D eigenvalue weighted by Crippen LogP contribution is -2.29. The Labute approximate surface area is 106 Å². The predicted molar refractivity (Wildman–Crippen MR) is 72.0 cm³/mol. The maximum atomic E-state index is 9.89. The SMILES string of the molecule is CC1CCC(NCCCC2CCCCC2O)C1. The van der Waals surface area contributed by atoms with Crippen LogP contribution in [0.5, 0.6) is 0 Å². The molecule has 0 radical (unpaired) electrons. The summed E-state index contributed by atoms with van der Waals surface area (Å²) in [5.74, 6) is 1.51. The molecule has 2 saturated carbocycles. The van der Waals surface area contributed by atoms with Crippen LogP contribution in [0, 0.1) is 11.8 Å². The third kappa shape index (κ3) is 4.26. The third-order valence-corrected chi connectivity index (χ3v) is 4.75. The Morgan fingerprint density at radius 1 is 1.12 bits per heavy atom. The van der Waals surface area contributed by atoms with Crippen molar-refractivity contribution in [2.45, 2.75) is 76.9 Å². The summed E-state index contributed by atoms with van der Waals surface area (Å²) in [6, 6.07) is 0.779. The van der Waals surface area contributed by atoms with Crippen LogP contribution < -0.4 is 5.32 Å². The molecule has 2 fully saturated rings. The van der Waals surface area contributed by atoms with Gasteiger partial charge < -0.3 is 10.4 Å². The average Bonchev–Trinajstić information content (AvgIpc) is 2.73. The highest BCUT2D eigenvalue weighted by Gasteiger charge is 2.23. The lowest BCUT2D eigenvalue weighted by Gasteiger charge is -2.27. The zero-order valence-electron chi connectivity index (χ0n) is 11.3. The molecule has 2 aliphatic carbocycles. The van der Waals surface area contributed by atoms with Crippen LogP contribution in [0.25, 0.3) is 0 Å². The Kier molecular flexibility index (Phi) is 5.30. The molecule has 2 heteroatoms. The molecule has 2 N–H and O–H groups in total. The topological polar surface area (TPSA) is 32.3 Å². The van der Waals surface area contributed by atoms with Gasteiger partial charge in [-0.15, -0.1) is 0 Å². The van der Waals surface area contributed by atoms with Gasteiger partial charge in [-0.3, -0.25) is 0 Å². The van der Waals surface area contributed by atoms with E-state index in [2.05, 4.69) is 12.2 Å². The first-order valence-electron chi connectivity index (χ1n) is 7.67. The lowest BCUT2D eigenvalue weighted by atomic mass is 9.83. The number of nitrogens with one attached hydrogen (secondary N) is 1. The Morgan fingerprint density at radius 2 is 1.94 bits per heavy atom. The molecule has 4 atom stereocenters. The number of aliphatic hydroxyl groups excluding tert-OH is 1. The van der Waals surface area contributed by atoms with Gasteiger partial charge in [0.2, 0.25) is 0 Å². The number of hydrogen-bond acceptors (Lipinski definition) is 2. The summed E-state index contributed by atoms with van der Waals surface area (Å²) in [6.45, 7) is 3.51. The van der Waals surface area contributed by atoms with Crippen LogP contribution in [0.2, 0.25) is 0 Å². The van der Waals surface area contributed by atoms with Gasteiger partial charge in [-0.1, -0.05) is 19.8 Å². The second-order valence-electron chi connectivity index (χ2n) is 6.32. The zero-order chi connectivity index (χ0) is 12.1. The second-order valence-corrected chi connectivity index (χ2v) is 6.32. The number of hydrogen-bond donors (Lipinski definition) is 2. The smallest absolute Gasteiger partial charge is 0.0568 e. The largest absolute Gasteiger partial charge is 0.393 e. The minimum atomic E-state index is -0.00440. The van der Waals surface area contributed by atoms with Crippen LogP contribution in [0.3, 0.4) is 0 Å². The van der Waals surface area contributed by atoms with E-state index in [9.17, 15) is 5.11 Å². The highest BCUT2D eigenvalue weighted by atomic mass is 16.3. The highest BCUT2D eigenvalue weighted by Crippen LogP contribution is 2.28. The summed E-state index contributed by atoms with van der Waals surface area (Å²) in [7, 11) is 0. The maximum absolute atomic E-state index is 9.89. The van der Waals surface area contributed by atoms with Crippen LogP contribution in [0.15, 0.2) is 0 Å². The van der Waals surface area contributed by atoms with Gasteiger partial charge in [-0.05, 0) is 63.3 Å². The molecule has 4 unspecified atom stereocenters. The molecule has 0 aromatic carbocycles. The highest BCUT2D eigenvalue weighted by molar-refractivity contribution is 4.79. The molecule has 0 amide bonds. The molecule has 17 heavy (non-hydrogen) atoms. The summed E-state index contributed by atoms with van der Waals surface area (Å²) in [4.78, 5) is 0. The summed E-state index contributed by atoms with van der Waals surface area (Å²) >= 11 is 0. The molecule has 2 rings (SSSR count). The van der Waals surface area contributed by atoms with E-state index >= 15 is 0 Å². The predicted octanol–water partition coefficient (Wildman–Crippen LogP) is 3.10. The maximum Gasteiger partial charge on any atom is 0.0568 e. The van der Waals surface area contributed by atoms with Crippen molar-refractivity contribution in [1.82, 2.24) is 5.32 Å². The minimum Gasteiger partial charge on any atom is -0.393 e. The third-order valence-electron chi connectivity index (χ3n) is 4.75. The molecule has 0 aromatic rings. The fourth-order valence-electron chi connectivity index (χ4n) is 3.59. The minimum absolute atomic E-state index is 0.00440. The van der Waals surface area contributed by atoms with Crippen LogP contribution in [0.1, 0.15) is 64.7 Å². The fourth-order valence-corrected chi connectivity index (χ4v) is 3.59. The second kappa shape index (κ2) is 6.75. The molecular weight excluding hydrogens is 210 g/mol. The Balaban J connectivity index is 1.53. The van der Waals surface area contributed by atoms with E-state index in [-0.39, 0.29) is 6.10 Å². The van der Waals surface area contributed by atoms with Crippen LogP contribution in [-0.2, 0) is 0 Å². The molecule has 2 aliphatic rings. The standard InChI is InChI=1S/C15H29NO/c1-12-8-9-14(11-12)16-10-4-6-13-5-2-3-7-15(13)17/h12-17H,2-11H2,1H3. The van der Waals surface area contributed by atoms with Gasteiger partial charge in [0.15, 0.2) is 0 Å². The fraction of sp³-hybridized carbons (Fsp3) is 1.00. The molecular formula is C15H29NO. The lowest BCUT2D eigenvalue weighted by molar-refractivity contribution is 0.0642. The van der Waals surface area contributed by atoms with E-state index < -0.39 is 0 Å². The van der Waals surface area contributed by atoms with Gasteiger partial charge in [0.05, 0.1) is 6.10 Å². The summed E-state index contributed by atoms with van der Waals surface area (Å²) in [5, 5.41) is 13.6. The summed E-state index contributed by atoms with van der Waals surface area (Å²) < 4.78 is 0. The average molecular weight is 239 g/mol. The Hall–Kier alpha value is -0.0800. The van der Waals surface area contributed by atoms with Crippen LogP contribution >= 0.6 is 0 Å². The van der Waals surface area contributed by atoms with E-state index in [1.165, 1.54) is 51.4 Å². The van der Waals surface area contributed by atoms with Crippen molar-refractivity contribution in [3.63, 3.8) is 0 Å². The Bertz CT molecular complexity index is 219. The molecule has 100 valence electrons. The van der Waals surface area contributed by atoms with Crippen molar-refractivity contribution in [2.24, 2.45) is 11.8 Å². The first kappa shape index (κ1) is 13.4. The molecule has 0 spiro atoms. The van der Waals surface area contributed by atoms with E-state index in [1.807, 2.05) is 0 Å². The normalized spacial score (nSPS) is 38.5. The zero-order valence-corrected chi connectivity index (χ0v) is 11.3. The van der Waals surface area contributed by atoms with Gasteiger partial charge in [-0.25, -0.2) is 0 Å². The monoisotopic (exact) mass is 239 g/mol. The van der Waals surface area contributed by atoms with E-state index in [1.54, 1.807) is 0 Å². The van der Waals surface area contributed by atoms with Crippen molar-refractivity contribution in [1.29, 1.82) is 0 Å². The van der Waals surface area contributed by atoms with E-state index in [0.29, 0.717) is 5.92 Å². The molecule has 0 aromatic heterocycles. The first-order chi connectivity index (χ1) is 8.25. The van der Waals surface area contributed by atoms with E-state index in [0.717, 1.165) is 24.9 Å². The van der Waals surface area contributed by atoms with Crippen molar-refractivity contribution in [3.8, 4) is 0 Å². The molecule has 2 nitrogen and oxygen atoms in total. The van der Waals surface area contributed by atoms with Crippen molar-refractivity contribution in [3.05, 3.63) is 0 Å². The van der Waals surface area contributed by atoms with Crippen molar-refractivity contribution >= 4 is 0 Å². The summed E-state index contributed by atoms with van der Waals surface area (Å²) in [5.41, 5.74) is 0. The van der Waals surface area contributed by atoms with Crippen LogP contribution in [-0.4, -0.2) is 23.8 Å². The number of rotatable bonds is 5. The van der Waals surface area contributed by atoms with Gasteiger partial charge in [-0.2, -0.15) is 0 Å². The Morgan fingerprint density at radius 3 is 2.65 bits per heavy atom. The number of aliphatic hydroxyl groups is 1. The van der Waals surface area contributed by atoms with Gasteiger partial charge in [0, 0.05) is 6.04 Å². The van der Waals surface area contributed by atoms with Gasteiger partial charge >= 0.3 is 0 Å². The van der Waals surface area contributed by atoms with Crippen LogP contribution in [0.4, 0.5) is 0 Å². The van der Waals surface area contributed by atoms with Gasteiger partial charge in [0.25, 0.3) is 0 Å². The quantitative estimate of drug-likeness (QED) is 0.723.